The number of hydrogen-bond acceptors (Lipinski definition) is 7. The van der Waals surface area contributed by atoms with Gasteiger partial charge in [-0.3, -0.25) is 9.67 Å². The molecule has 2 aromatic heterocycles. The zero-order valence-corrected chi connectivity index (χ0v) is 13.9. The summed E-state index contributed by atoms with van der Waals surface area (Å²) in [5.74, 6) is -0.731. The molecule has 0 bridgehead atoms. The first-order valence-corrected chi connectivity index (χ1v) is 7.77. The minimum absolute atomic E-state index is 0.0250. The largest absolute Gasteiger partial charge is 0.465 e. The molecule has 0 fully saturated rings. The molecule has 2 heterocycles. The number of halogens is 1. The fraction of sp³-hybridized carbons (Fsp3) is 0.235. The Morgan fingerprint density at radius 2 is 2.23 bits per heavy atom. The standard InChI is InChI=1S/C17H17FN4O4/c1-26-17(25)12-4-5-19-7-14(12)20-16-13-6-10(18)2-3-15(13)22(21-16)8-11(24)9-23/h2-7,11,23-24H,8-9H2,1H3,(H,20,21). The molecule has 1 atom stereocenters. The summed E-state index contributed by atoms with van der Waals surface area (Å²) in [7, 11) is 1.27. The number of carbonyl (C=O) groups excluding carboxylic acids is 1. The number of aromatic nitrogens is 3. The van der Waals surface area contributed by atoms with Crippen LogP contribution in [0.25, 0.3) is 10.9 Å². The molecule has 0 radical (unpaired) electrons. The molecule has 0 spiro atoms. The van der Waals surface area contributed by atoms with Gasteiger partial charge in [0.1, 0.15) is 5.82 Å². The van der Waals surface area contributed by atoms with Crippen molar-refractivity contribution in [2.45, 2.75) is 12.6 Å². The predicted molar refractivity (Wildman–Crippen MR) is 91.6 cm³/mol. The normalized spacial score (nSPS) is 12.2. The van der Waals surface area contributed by atoms with Crippen LogP contribution in [0.1, 0.15) is 10.4 Å². The number of anilines is 2. The van der Waals surface area contributed by atoms with Crippen LogP contribution in [0.3, 0.4) is 0 Å². The lowest BCUT2D eigenvalue weighted by atomic mass is 10.2. The number of methoxy groups -OCH3 is 1. The van der Waals surface area contributed by atoms with Crippen LogP contribution in [-0.2, 0) is 11.3 Å². The second-order valence-electron chi connectivity index (χ2n) is 5.57. The molecule has 0 aliphatic carbocycles. The molecule has 8 nitrogen and oxygen atoms in total. The molecule has 1 unspecified atom stereocenters. The van der Waals surface area contributed by atoms with E-state index in [9.17, 15) is 14.3 Å². The van der Waals surface area contributed by atoms with Gasteiger partial charge in [-0.1, -0.05) is 0 Å². The van der Waals surface area contributed by atoms with E-state index in [1.54, 1.807) is 0 Å². The third-order valence-electron chi connectivity index (χ3n) is 3.79. The molecule has 0 amide bonds. The highest BCUT2D eigenvalue weighted by Crippen LogP contribution is 2.28. The first-order chi connectivity index (χ1) is 12.5. The summed E-state index contributed by atoms with van der Waals surface area (Å²) in [6.45, 7) is -0.405. The molecule has 3 aromatic rings. The van der Waals surface area contributed by atoms with Gasteiger partial charge in [0.05, 0.1) is 49.3 Å². The lowest BCUT2D eigenvalue weighted by molar-refractivity contribution is 0.0601. The van der Waals surface area contributed by atoms with Crippen molar-refractivity contribution in [3.63, 3.8) is 0 Å². The highest BCUT2D eigenvalue weighted by Gasteiger charge is 2.17. The number of nitrogens with zero attached hydrogens (tertiary/aromatic N) is 3. The van der Waals surface area contributed by atoms with Crippen LogP contribution < -0.4 is 5.32 Å². The van der Waals surface area contributed by atoms with E-state index >= 15 is 0 Å². The van der Waals surface area contributed by atoms with Crippen molar-refractivity contribution in [1.29, 1.82) is 0 Å². The van der Waals surface area contributed by atoms with Gasteiger partial charge in [-0.05, 0) is 24.3 Å². The average Bonchev–Trinajstić information content (AvgIpc) is 2.97. The van der Waals surface area contributed by atoms with E-state index in [-0.39, 0.29) is 17.9 Å². The third-order valence-corrected chi connectivity index (χ3v) is 3.79. The van der Waals surface area contributed by atoms with Gasteiger partial charge >= 0.3 is 5.97 Å². The van der Waals surface area contributed by atoms with E-state index in [1.165, 1.54) is 48.5 Å². The van der Waals surface area contributed by atoms with Gasteiger partial charge in [-0.2, -0.15) is 5.10 Å². The Hall–Kier alpha value is -3.04. The van der Waals surface area contributed by atoms with Crippen LogP contribution in [-0.4, -0.2) is 50.8 Å². The van der Waals surface area contributed by atoms with Crippen LogP contribution in [0.5, 0.6) is 0 Å². The van der Waals surface area contributed by atoms with Gasteiger partial charge in [0.2, 0.25) is 0 Å². The molecule has 26 heavy (non-hydrogen) atoms. The number of rotatable bonds is 6. The van der Waals surface area contributed by atoms with Crippen molar-refractivity contribution < 1.29 is 24.1 Å². The van der Waals surface area contributed by atoms with Crippen LogP contribution in [0, 0.1) is 5.82 Å². The molecule has 0 saturated carbocycles. The maximum atomic E-state index is 13.7. The summed E-state index contributed by atoms with van der Waals surface area (Å²) in [5, 5.41) is 26.5. The van der Waals surface area contributed by atoms with Crippen LogP contribution in [0.2, 0.25) is 0 Å². The Kier molecular flexibility index (Phi) is 5.10. The molecular weight excluding hydrogens is 343 g/mol. The maximum absolute atomic E-state index is 13.7. The highest BCUT2D eigenvalue weighted by molar-refractivity contribution is 5.98. The molecular formula is C17H17FN4O4. The first-order valence-electron chi connectivity index (χ1n) is 7.77. The van der Waals surface area contributed by atoms with Crippen molar-refractivity contribution in [1.82, 2.24) is 14.8 Å². The van der Waals surface area contributed by atoms with Gasteiger partial charge in [-0.25, -0.2) is 9.18 Å². The van der Waals surface area contributed by atoms with Gasteiger partial charge in [0.15, 0.2) is 5.82 Å². The Bertz CT molecular complexity index is 944. The summed E-state index contributed by atoms with van der Waals surface area (Å²) >= 11 is 0. The molecule has 3 N–H and O–H groups in total. The lowest BCUT2D eigenvalue weighted by Gasteiger charge is -2.09. The summed E-state index contributed by atoms with van der Waals surface area (Å²) in [5.41, 5.74) is 1.15. The molecule has 136 valence electrons. The van der Waals surface area contributed by atoms with Crippen molar-refractivity contribution >= 4 is 28.4 Å². The number of esters is 1. The summed E-state index contributed by atoms with van der Waals surface area (Å²) in [6, 6.07) is 5.58. The minimum Gasteiger partial charge on any atom is -0.465 e. The van der Waals surface area contributed by atoms with Crippen molar-refractivity contribution in [2.75, 3.05) is 19.0 Å². The van der Waals surface area contributed by atoms with E-state index in [4.69, 9.17) is 9.84 Å². The quantitative estimate of drug-likeness (QED) is 0.571. The lowest BCUT2D eigenvalue weighted by Crippen LogP contribution is -2.20. The molecule has 9 heteroatoms. The Labute approximate surface area is 147 Å². The summed E-state index contributed by atoms with van der Waals surface area (Å²) in [4.78, 5) is 15.9. The number of nitrogens with one attached hydrogen (secondary N) is 1. The maximum Gasteiger partial charge on any atom is 0.340 e. The predicted octanol–water partition coefficient (Wildman–Crippen LogP) is 1.45. The second-order valence-corrected chi connectivity index (χ2v) is 5.57. The molecule has 0 aliphatic rings. The van der Waals surface area contributed by atoms with Gasteiger partial charge in [-0.15, -0.1) is 0 Å². The molecule has 0 aliphatic heterocycles. The fourth-order valence-electron chi connectivity index (χ4n) is 2.55. The first kappa shape index (κ1) is 17.8. The number of pyridine rings is 1. The molecule has 0 saturated heterocycles. The number of aliphatic hydroxyl groups excluding tert-OH is 2. The van der Waals surface area contributed by atoms with E-state index in [0.717, 1.165) is 0 Å². The average molecular weight is 360 g/mol. The van der Waals surface area contributed by atoms with E-state index < -0.39 is 24.5 Å². The van der Waals surface area contributed by atoms with E-state index in [2.05, 4.69) is 15.4 Å². The number of aliphatic hydroxyl groups is 2. The number of carbonyl (C=O) groups is 1. The Morgan fingerprint density at radius 3 is 2.96 bits per heavy atom. The Balaban J connectivity index is 2.06. The fourth-order valence-corrected chi connectivity index (χ4v) is 2.55. The van der Waals surface area contributed by atoms with Gasteiger partial charge < -0.3 is 20.3 Å². The number of fused-ring (bicyclic) bond motifs is 1. The monoisotopic (exact) mass is 360 g/mol. The van der Waals surface area contributed by atoms with Crippen molar-refractivity contribution in [3.05, 3.63) is 48.0 Å². The van der Waals surface area contributed by atoms with E-state index in [1.807, 2.05) is 0 Å². The molecule has 1 aromatic carbocycles. The van der Waals surface area contributed by atoms with Crippen LogP contribution >= 0.6 is 0 Å². The smallest absolute Gasteiger partial charge is 0.340 e. The number of benzene rings is 1. The minimum atomic E-state index is -1.01. The van der Waals surface area contributed by atoms with E-state index in [0.29, 0.717) is 16.6 Å². The van der Waals surface area contributed by atoms with Crippen LogP contribution in [0.15, 0.2) is 36.7 Å². The zero-order valence-electron chi connectivity index (χ0n) is 13.9. The SMILES string of the molecule is COC(=O)c1ccncc1Nc1nn(CC(O)CO)c2ccc(F)cc12. The van der Waals surface area contributed by atoms with Gasteiger partial charge in [0.25, 0.3) is 0 Å². The Morgan fingerprint density at radius 1 is 1.42 bits per heavy atom. The zero-order chi connectivity index (χ0) is 18.7. The highest BCUT2D eigenvalue weighted by atomic mass is 19.1. The summed E-state index contributed by atoms with van der Waals surface area (Å²) in [6.07, 6.45) is 1.87. The third kappa shape index (κ3) is 3.48. The van der Waals surface area contributed by atoms with Crippen molar-refractivity contribution in [3.8, 4) is 0 Å². The second kappa shape index (κ2) is 7.46. The topological polar surface area (TPSA) is 110 Å². The molecule has 3 rings (SSSR count). The van der Waals surface area contributed by atoms with Gasteiger partial charge in [0, 0.05) is 11.6 Å². The number of hydrogen-bond donors (Lipinski definition) is 3. The number of ether oxygens (including phenoxy) is 1. The summed E-state index contributed by atoms with van der Waals surface area (Å²) < 4.78 is 19.9. The van der Waals surface area contributed by atoms with Crippen molar-refractivity contribution in [2.24, 2.45) is 0 Å². The van der Waals surface area contributed by atoms with Crippen LogP contribution in [0.4, 0.5) is 15.9 Å².